The molecule has 1 aliphatic heterocycles. The third kappa shape index (κ3) is 3.50. The SMILES string of the molecule is O=C(O)C1CCCN(Cc2ccc(C(F)(F)F)o2)C1. The monoisotopic (exact) mass is 277 g/mol. The third-order valence-corrected chi connectivity index (χ3v) is 3.18. The van der Waals surface area contributed by atoms with Gasteiger partial charge < -0.3 is 9.52 Å². The molecule has 7 heteroatoms. The number of halogens is 3. The van der Waals surface area contributed by atoms with E-state index in [4.69, 9.17) is 9.52 Å². The second-order valence-electron chi connectivity index (χ2n) is 4.68. The predicted octanol–water partition coefficient (Wildman–Crippen LogP) is 2.60. The summed E-state index contributed by atoms with van der Waals surface area (Å²) in [5.74, 6) is -2.13. The number of rotatable bonds is 3. The number of hydrogen-bond donors (Lipinski definition) is 1. The fourth-order valence-electron chi connectivity index (χ4n) is 2.24. The quantitative estimate of drug-likeness (QED) is 0.922. The fourth-order valence-corrected chi connectivity index (χ4v) is 2.24. The zero-order chi connectivity index (χ0) is 14.0. The van der Waals surface area contributed by atoms with Crippen molar-refractivity contribution in [3.05, 3.63) is 23.7 Å². The first-order valence-corrected chi connectivity index (χ1v) is 5.97. The van der Waals surface area contributed by atoms with Crippen molar-refractivity contribution in [1.82, 2.24) is 4.90 Å². The first-order chi connectivity index (χ1) is 8.86. The van der Waals surface area contributed by atoms with Crippen LogP contribution in [0.3, 0.4) is 0 Å². The lowest BCUT2D eigenvalue weighted by atomic mass is 9.98. The standard InChI is InChI=1S/C12H14F3NO3/c13-12(14,15)10-4-3-9(19-10)7-16-5-1-2-8(6-16)11(17)18/h3-4,8H,1-2,5-7H2,(H,17,18). The number of aliphatic carboxylic acids is 1. The summed E-state index contributed by atoms with van der Waals surface area (Å²) in [6.07, 6.45) is -3.15. The molecule has 0 spiro atoms. The zero-order valence-electron chi connectivity index (χ0n) is 10.1. The molecule has 0 bridgehead atoms. The van der Waals surface area contributed by atoms with Crippen LogP contribution >= 0.6 is 0 Å². The summed E-state index contributed by atoms with van der Waals surface area (Å²) in [5, 5.41) is 8.93. The Balaban J connectivity index is 1.97. The summed E-state index contributed by atoms with van der Waals surface area (Å²) in [5.41, 5.74) is 0. The maximum absolute atomic E-state index is 12.4. The third-order valence-electron chi connectivity index (χ3n) is 3.18. The minimum Gasteiger partial charge on any atom is -0.481 e. The smallest absolute Gasteiger partial charge is 0.449 e. The molecule has 2 rings (SSSR count). The van der Waals surface area contributed by atoms with Gasteiger partial charge in [0.05, 0.1) is 12.5 Å². The molecule has 19 heavy (non-hydrogen) atoms. The van der Waals surface area contributed by atoms with Crippen LogP contribution in [-0.4, -0.2) is 29.1 Å². The van der Waals surface area contributed by atoms with E-state index in [1.165, 1.54) is 6.07 Å². The molecule has 1 fully saturated rings. The molecule has 1 saturated heterocycles. The summed E-state index contributed by atoms with van der Waals surface area (Å²) >= 11 is 0. The molecule has 1 unspecified atom stereocenters. The molecule has 1 aromatic rings. The van der Waals surface area contributed by atoms with Crippen LogP contribution < -0.4 is 0 Å². The van der Waals surface area contributed by atoms with Crippen LogP contribution in [0.1, 0.15) is 24.4 Å². The number of alkyl halides is 3. The average molecular weight is 277 g/mol. The second kappa shape index (κ2) is 5.24. The lowest BCUT2D eigenvalue weighted by molar-refractivity contribution is -0.153. The molecule has 0 aliphatic carbocycles. The highest BCUT2D eigenvalue weighted by Gasteiger charge is 2.35. The normalized spacial score (nSPS) is 21.5. The van der Waals surface area contributed by atoms with Gasteiger partial charge in [-0.1, -0.05) is 0 Å². The largest absolute Gasteiger partial charge is 0.481 e. The molecular formula is C12H14F3NO3. The van der Waals surface area contributed by atoms with Gasteiger partial charge in [0.2, 0.25) is 5.76 Å². The Kier molecular flexibility index (Phi) is 3.84. The first-order valence-electron chi connectivity index (χ1n) is 5.97. The minimum absolute atomic E-state index is 0.207. The predicted molar refractivity (Wildman–Crippen MR) is 59.3 cm³/mol. The summed E-state index contributed by atoms with van der Waals surface area (Å²) in [7, 11) is 0. The summed E-state index contributed by atoms with van der Waals surface area (Å²) in [6, 6.07) is 2.18. The molecule has 0 aromatic carbocycles. The Morgan fingerprint density at radius 3 is 2.79 bits per heavy atom. The van der Waals surface area contributed by atoms with Crippen LogP contribution in [0.25, 0.3) is 0 Å². The fraction of sp³-hybridized carbons (Fsp3) is 0.583. The van der Waals surface area contributed by atoms with Gasteiger partial charge >= 0.3 is 12.1 Å². The van der Waals surface area contributed by atoms with Crippen LogP contribution in [0.2, 0.25) is 0 Å². The van der Waals surface area contributed by atoms with Crippen molar-refractivity contribution in [2.45, 2.75) is 25.6 Å². The number of carboxylic acids is 1. The van der Waals surface area contributed by atoms with Crippen molar-refractivity contribution in [3.63, 3.8) is 0 Å². The minimum atomic E-state index is -4.48. The number of hydrogen-bond acceptors (Lipinski definition) is 3. The van der Waals surface area contributed by atoms with Crippen molar-refractivity contribution < 1.29 is 27.5 Å². The molecule has 0 saturated carbocycles. The van der Waals surface area contributed by atoms with Gasteiger partial charge in [0, 0.05) is 6.54 Å². The lowest BCUT2D eigenvalue weighted by Gasteiger charge is -2.29. The van der Waals surface area contributed by atoms with Crippen molar-refractivity contribution in [1.29, 1.82) is 0 Å². The lowest BCUT2D eigenvalue weighted by Crippen LogP contribution is -2.38. The highest BCUT2D eigenvalue weighted by atomic mass is 19.4. The molecule has 106 valence electrons. The van der Waals surface area contributed by atoms with Crippen LogP contribution in [0.15, 0.2) is 16.5 Å². The number of furan rings is 1. The second-order valence-corrected chi connectivity index (χ2v) is 4.68. The van der Waals surface area contributed by atoms with E-state index in [1.54, 1.807) is 4.90 Å². The molecule has 4 nitrogen and oxygen atoms in total. The van der Waals surface area contributed by atoms with Crippen LogP contribution in [-0.2, 0) is 17.5 Å². The van der Waals surface area contributed by atoms with E-state index in [1.807, 2.05) is 0 Å². The molecule has 1 N–H and O–H groups in total. The van der Waals surface area contributed by atoms with E-state index in [-0.39, 0.29) is 12.3 Å². The van der Waals surface area contributed by atoms with Crippen molar-refractivity contribution in [3.8, 4) is 0 Å². The number of carbonyl (C=O) groups is 1. The Morgan fingerprint density at radius 2 is 2.21 bits per heavy atom. The van der Waals surface area contributed by atoms with Gasteiger partial charge in [0.1, 0.15) is 5.76 Å². The zero-order valence-corrected chi connectivity index (χ0v) is 10.1. The Morgan fingerprint density at radius 1 is 1.47 bits per heavy atom. The van der Waals surface area contributed by atoms with Gasteiger partial charge in [-0.2, -0.15) is 13.2 Å². The Bertz CT molecular complexity index is 455. The molecule has 1 atom stereocenters. The van der Waals surface area contributed by atoms with Gasteiger partial charge in [0.25, 0.3) is 0 Å². The topological polar surface area (TPSA) is 53.7 Å². The molecular weight excluding hydrogens is 263 g/mol. The molecule has 1 aliphatic rings. The average Bonchev–Trinajstić information content (AvgIpc) is 2.77. The molecule has 1 aromatic heterocycles. The molecule has 0 amide bonds. The van der Waals surface area contributed by atoms with Crippen molar-refractivity contribution in [2.75, 3.05) is 13.1 Å². The van der Waals surface area contributed by atoms with Gasteiger partial charge in [-0.05, 0) is 31.5 Å². The summed E-state index contributed by atoms with van der Waals surface area (Å²) in [6.45, 7) is 1.23. The van der Waals surface area contributed by atoms with E-state index >= 15 is 0 Å². The summed E-state index contributed by atoms with van der Waals surface area (Å²) in [4.78, 5) is 12.7. The van der Waals surface area contributed by atoms with Crippen molar-refractivity contribution >= 4 is 5.97 Å². The van der Waals surface area contributed by atoms with Crippen LogP contribution in [0.4, 0.5) is 13.2 Å². The van der Waals surface area contributed by atoms with Gasteiger partial charge in [0.15, 0.2) is 0 Å². The highest BCUT2D eigenvalue weighted by Crippen LogP contribution is 2.31. The van der Waals surface area contributed by atoms with E-state index in [9.17, 15) is 18.0 Å². The van der Waals surface area contributed by atoms with E-state index < -0.39 is 23.8 Å². The van der Waals surface area contributed by atoms with E-state index in [0.717, 1.165) is 12.5 Å². The highest BCUT2D eigenvalue weighted by molar-refractivity contribution is 5.70. The number of likely N-dealkylation sites (tertiary alicyclic amines) is 1. The van der Waals surface area contributed by atoms with Gasteiger partial charge in [-0.25, -0.2) is 0 Å². The number of piperidine rings is 1. The van der Waals surface area contributed by atoms with Crippen LogP contribution in [0, 0.1) is 5.92 Å². The molecule has 2 heterocycles. The summed E-state index contributed by atoms with van der Waals surface area (Å²) < 4.78 is 41.8. The van der Waals surface area contributed by atoms with E-state index in [0.29, 0.717) is 19.5 Å². The Hall–Kier alpha value is -1.50. The van der Waals surface area contributed by atoms with Gasteiger partial charge in [-0.3, -0.25) is 9.69 Å². The maximum Gasteiger partial charge on any atom is 0.449 e. The first kappa shape index (κ1) is 13.9. The van der Waals surface area contributed by atoms with Crippen LogP contribution in [0.5, 0.6) is 0 Å². The maximum atomic E-state index is 12.4. The number of nitrogens with zero attached hydrogens (tertiary/aromatic N) is 1. The van der Waals surface area contributed by atoms with E-state index in [2.05, 4.69) is 0 Å². The number of carboxylic acid groups (broad SMARTS) is 1. The van der Waals surface area contributed by atoms with Crippen molar-refractivity contribution in [2.24, 2.45) is 5.92 Å². The molecule has 0 radical (unpaired) electrons. The Labute approximate surface area is 107 Å². The van der Waals surface area contributed by atoms with Gasteiger partial charge in [-0.15, -0.1) is 0 Å².